The van der Waals surface area contributed by atoms with Gasteiger partial charge in [-0.1, -0.05) is 18.2 Å². The van der Waals surface area contributed by atoms with Crippen LogP contribution in [0.25, 0.3) is 16.6 Å². The number of amides is 1. The fraction of sp³-hybridized carbons (Fsp3) is 0.538. The number of hydrogen-bond donors (Lipinski definition) is 1. The predicted molar refractivity (Wildman–Crippen MR) is 136 cm³/mol. The van der Waals surface area contributed by atoms with E-state index in [-0.39, 0.29) is 11.8 Å². The summed E-state index contributed by atoms with van der Waals surface area (Å²) in [7, 11) is 0. The zero-order chi connectivity index (χ0) is 24.2. The number of carbonyl (C=O) groups excluding carboxylic acids is 1. The zero-order valence-electron chi connectivity index (χ0n) is 20.7. The Hall–Kier alpha value is -3.04. The largest absolute Gasteiger partial charge is 0.379 e. The first-order chi connectivity index (χ1) is 17.1. The van der Waals surface area contributed by atoms with Crippen molar-refractivity contribution in [2.24, 2.45) is 5.92 Å². The first-order valence-electron chi connectivity index (χ1n) is 12.7. The van der Waals surface area contributed by atoms with Gasteiger partial charge in [-0.3, -0.25) is 9.69 Å². The minimum atomic E-state index is -0.0532. The van der Waals surface area contributed by atoms with Crippen LogP contribution in [0, 0.1) is 19.8 Å². The van der Waals surface area contributed by atoms with Crippen molar-refractivity contribution in [2.45, 2.75) is 33.1 Å². The molecule has 3 aromatic rings. The maximum absolute atomic E-state index is 13.0. The van der Waals surface area contributed by atoms with E-state index in [4.69, 9.17) is 9.84 Å². The summed E-state index contributed by atoms with van der Waals surface area (Å²) in [4.78, 5) is 17.6. The predicted octanol–water partition coefficient (Wildman–Crippen LogP) is 2.49. The van der Waals surface area contributed by atoms with Gasteiger partial charge in [-0.15, -0.1) is 5.10 Å². The topological polar surface area (TPSA) is 88.4 Å². The van der Waals surface area contributed by atoms with Gasteiger partial charge in [0.1, 0.15) is 5.52 Å². The molecule has 2 saturated heterocycles. The van der Waals surface area contributed by atoms with E-state index in [1.807, 2.05) is 29.8 Å². The van der Waals surface area contributed by atoms with E-state index >= 15 is 0 Å². The fourth-order valence-electron chi connectivity index (χ4n) is 5.21. The Bertz CT molecular complexity index is 1160. The number of nitrogens with one attached hydrogen (secondary N) is 1. The molecule has 5 rings (SSSR count). The van der Waals surface area contributed by atoms with Gasteiger partial charge in [-0.05, 0) is 51.8 Å². The van der Waals surface area contributed by atoms with Crippen molar-refractivity contribution < 1.29 is 9.53 Å². The molecule has 0 bridgehead atoms. The molecule has 9 nitrogen and oxygen atoms in total. The Morgan fingerprint density at radius 3 is 2.71 bits per heavy atom. The molecule has 4 heterocycles. The van der Waals surface area contributed by atoms with Crippen LogP contribution in [-0.4, -0.2) is 83.3 Å². The third-order valence-electron chi connectivity index (χ3n) is 7.13. The Kier molecular flexibility index (Phi) is 7.24. The van der Waals surface area contributed by atoms with Gasteiger partial charge in [0.25, 0.3) is 0 Å². The van der Waals surface area contributed by atoms with Crippen LogP contribution in [0.15, 0.2) is 30.3 Å². The van der Waals surface area contributed by atoms with Crippen molar-refractivity contribution in [2.75, 3.05) is 57.4 Å². The summed E-state index contributed by atoms with van der Waals surface area (Å²) in [6, 6.07) is 10.1. The molecule has 2 fully saturated rings. The Labute approximate surface area is 206 Å². The number of aromatic nitrogens is 4. The molecule has 1 atom stereocenters. The first kappa shape index (κ1) is 23.7. The van der Waals surface area contributed by atoms with Crippen LogP contribution in [-0.2, 0) is 9.53 Å². The van der Waals surface area contributed by atoms with Crippen LogP contribution in [0.5, 0.6) is 0 Å². The molecule has 0 saturated carbocycles. The molecule has 1 N–H and O–H groups in total. The molecule has 9 heteroatoms. The third-order valence-corrected chi connectivity index (χ3v) is 7.13. The van der Waals surface area contributed by atoms with E-state index in [1.165, 1.54) is 0 Å². The normalized spacial score (nSPS) is 19.3. The number of fused-ring (bicyclic) bond motifs is 1. The quantitative estimate of drug-likeness (QED) is 0.523. The fourth-order valence-corrected chi connectivity index (χ4v) is 5.21. The van der Waals surface area contributed by atoms with Gasteiger partial charge in [-0.2, -0.15) is 10.2 Å². The van der Waals surface area contributed by atoms with Gasteiger partial charge < -0.3 is 15.0 Å². The lowest BCUT2D eigenvalue weighted by molar-refractivity contribution is -0.125. The van der Waals surface area contributed by atoms with Crippen molar-refractivity contribution in [3.63, 3.8) is 0 Å². The summed E-state index contributed by atoms with van der Waals surface area (Å²) in [5.74, 6) is 0.856. The highest BCUT2D eigenvalue weighted by Gasteiger charge is 2.29. The highest BCUT2D eigenvalue weighted by Crippen LogP contribution is 2.31. The minimum absolute atomic E-state index is 0.0532. The third kappa shape index (κ3) is 5.16. The molecule has 1 amide bonds. The van der Waals surface area contributed by atoms with Crippen LogP contribution >= 0.6 is 0 Å². The average Bonchev–Trinajstić information content (AvgIpc) is 3.26. The molecule has 0 unspecified atom stereocenters. The molecule has 0 spiro atoms. The minimum Gasteiger partial charge on any atom is -0.379 e. The number of piperidine rings is 1. The Morgan fingerprint density at radius 2 is 1.91 bits per heavy atom. The highest BCUT2D eigenvalue weighted by molar-refractivity contribution is 5.92. The zero-order valence-corrected chi connectivity index (χ0v) is 20.7. The Balaban J connectivity index is 1.27. The summed E-state index contributed by atoms with van der Waals surface area (Å²) in [6.45, 7) is 10.8. The molecular formula is C26H35N7O2. The maximum Gasteiger partial charge on any atom is 0.224 e. The first-order valence-corrected chi connectivity index (χ1v) is 12.7. The van der Waals surface area contributed by atoms with Crippen molar-refractivity contribution in [1.82, 2.24) is 30.2 Å². The van der Waals surface area contributed by atoms with Crippen molar-refractivity contribution >= 4 is 22.6 Å². The number of benzene rings is 1. The van der Waals surface area contributed by atoms with Gasteiger partial charge in [0.05, 0.1) is 41.6 Å². The van der Waals surface area contributed by atoms with E-state index in [9.17, 15) is 4.79 Å². The number of carbonyl (C=O) groups is 1. The summed E-state index contributed by atoms with van der Waals surface area (Å²) in [5, 5.41) is 18.2. The number of ether oxygens (including phenoxy) is 1. The van der Waals surface area contributed by atoms with Gasteiger partial charge >= 0.3 is 0 Å². The number of hydrogen-bond acceptors (Lipinski definition) is 7. The number of rotatable bonds is 7. The maximum atomic E-state index is 13.0. The van der Waals surface area contributed by atoms with Crippen molar-refractivity contribution in [3.8, 4) is 5.69 Å². The SMILES string of the molecule is Cc1nnc(N2CCC[C@@H](C(=O)NCCCN3CCOCC3)C2)c2nn(-c3ccccc3)c(C)c12. The summed E-state index contributed by atoms with van der Waals surface area (Å²) in [6.07, 6.45) is 2.80. The number of aryl methyl sites for hydroxylation is 2. The smallest absolute Gasteiger partial charge is 0.224 e. The van der Waals surface area contributed by atoms with E-state index < -0.39 is 0 Å². The molecular weight excluding hydrogens is 442 g/mol. The van der Waals surface area contributed by atoms with Crippen LogP contribution in [0.3, 0.4) is 0 Å². The summed E-state index contributed by atoms with van der Waals surface area (Å²) in [5.41, 5.74) is 3.78. The second kappa shape index (κ2) is 10.7. The number of nitrogens with zero attached hydrogens (tertiary/aromatic N) is 6. The van der Waals surface area contributed by atoms with E-state index in [0.717, 1.165) is 92.5 Å². The van der Waals surface area contributed by atoms with Crippen molar-refractivity contribution in [3.05, 3.63) is 41.7 Å². The van der Waals surface area contributed by atoms with Crippen LogP contribution < -0.4 is 10.2 Å². The molecule has 0 radical (unpaired) electrons. The standard InChI is InChI=1S/C26H35N7O2/c1-19-23-20(2)33(22-9-4-3-5-10-22)30-24(23)25(29-28-19)32-13-6-8-21(18-32)26(34)27-11-7-12-31-14-16-35-17-15-31/h3-5,9-10,21H,6-8,11-18H2,1-2H3,(H,27,34)/t21-/m1/s1. The Morgan fingerprint density at radius 1 is 1.11 bits per heavy atom. The molecule has 1 aromatic carbocycles. The van der Waals surface area contributed by atoms with Gasteiger partial charge in [-0.25, -0.2) is 4.68 Å². The van der Waals surface area contributed by atoms with Crippen LogP contribution in [0.4, 0.5) is 5.82 Å². The number of para-hydroxylation sites is 1. The lowest BCUT2D eigenvalue weighted by atomic mass is 9.97. The lowest BCUT2D eigenvalue weighted by Crippen LogP contribution is -2.44. The second-order valence-electron chi connectivity index (χ2n) is 9.55. The van der Waals surface area contributed by atoms with Crippen LogP contribution in [0.2, 0.25) is 0 Å². The number of anilines is 1. The molecule has 2 aliphatic rings. The van der Waals surface area contributed by atoms with Gasteiger partial charge in [0, 0.05) is 32.7 Å². The summed E-state index contributed by atoms with van der Waals surface area (Å²) >= 11 is 0. The van der Waals surface area contributed by atoms with Crippen LogP contribution in [0.1, 0.15) is 30.7 Å². The average molecular weight is 478 g/mol. The molecule has 2 aliphatic heterocycles. The molecule has 186 valence electrons. The summed E-state index contributed by atoms with van der Waals surface area (Å²) < 4.78 is 7.37. The molecule has 2 aromatic heterocycles. The molecule has 35 heavy (non-hydrogen) atoms. The second-order valence-corrected chi connectivity index (χ2v) is 9.55. The van der Waals surface area contributed by atoms with Gasteiger partial charge in [0.2, 0.25) is 5.91 Å². The highest BCUT2D eigenvalue weighted by atomic mass is 16.5. The van der Waals surface area contributed by atoms with Gasteiger partial charge in [0.15, 0.2) is 5.82 Å². The lowest BCUT2D eigenvalue weighted by Gasteiger charge is -2.32. The monoisotopic (exact) mass is 477 g/mol. The van der Waals surface area contributed by atoms with E-state index in [2.05, 4.69) is 44.4 Å². The van der Waals surface area contributed by atoms with E-state index in [0.29, 0.717) is 13.1 Å². The number of morpholine rings is 1. The van der Waals surface area contributed by atoms with E-state index in [1.54, 1.807) is 0 Å². The van der Waals surface area contributed by atoms with Crippen molar-refractivity contribution in [1.29, 1.82) is 0 Å². The molecule has 0 aliphatic carbocycles.